The number of aliphatic hydroxyl groups is 1. The summed E-state index contributed by atoms with van der Waals surface area (Å²) in [6.07, 6.45) is 9.16. The Bertz CT molecular complexity index is 1760. The number of fused-ring (bicyclic) bond motifs is 3. The molecule has 1 saturated carbocycles. The van der Waals surface area contributed by atoms with Crippen LogP contribution in [0.25, 0.3) is 0 Å². The average molecular weight is 707 g/mol. The Kier molecular flexibility index (Phi) is 11.0. The number of methoxy groups -OCH3 is 1. The maximum absolute atomic E-state index is 14.1. The van der Waals surface area contributed by atoms with Gasteiger partial charge in [-0.25, -0.2) is 13.1 Å². The molecule has 10 heteroatoms. The molecule has 1 fully saturated rings. The number of aryl methyl sites for hydroxylation is 1. The first-order chi connectivity index (χ1) is 23.6. The van der Waals surface area contributed by atoms with Crippen LogP contribution >= 0.6 is 11.6 Å². The first kappa shape index (κ1) is 35.5. The number of amides is 1. The van der Waals surface area contributed by atoms with Crippen molar-refractivity contribution in [2.75, 3.05) is 31.7 Å². The SMILES string of the molecule is CO[C@@]1(CO)/C=C/C[C@H](C)C(Cc2ccccc2)S(=O)(=O)NC(=O)c2ccc3c(c2)N(CCCCc2cc(Cl)ccc2CO3)C[C@@H]2CC[C@H]21. The van der Waals surface area contributed by atoms with Crippen LogP contribution in [0.1, 0.15) is 66.1 Å². The zero-order valence-corrected chi connectivity index (χ0v) is 29.9. The summed E-state index contributed by atoms with van der Waals surface area (Å²) < 4.78 is 43.1. The summed E-state index contributed by atoms with van der Waals surface area (Å²) in [6.45, 7) is 3.44. The van der Waals surface area contributed by atoms with E-state index in [4.69, 9.17) is 21.1 Å². The topological polar surface area (TPSA) is 105 Å². The van der Waals surface area contributed by atoms with E-state index in [-0.39, 0.29) is 36.3 Å². The monoisotopic (exact) mass is 706 g/mol. The van der Waals surface area contributed by atoms with Crippen LogP contribution in [0.3, 0.4) is 0 Å². The van der Waals surface area contributed by atoms with Gasteiger partial charge in [-0.1, -0.05) is 67.1 Å². The predicted molar refractivity (Wildman–Crippen MR) is 194 cm³/mol. The highest BCUT2D eigenvalue weighted by Crippen LogP contribution is 2.46. The summed E-state index contributed by atoms with van der Waals surface area (Å²) in [5.41, 5.74) is 3.20. The van der Waals surface area contributed by atoms with Crippen LogP contribution < -0.4 is 14.4 Å². The van der Waals surface area contributed by atoms with Crippen LogP contribution in [0.4, 0.5) is 5.69 Å². The molecule has 1 unspecified atom stereocenters. The highest BCUT2D eigenvalue weighted by Gasteiger charge is 2.47. The van der Waals surface area contributed by atoms with Gasteiger partial charge in [0.05, 0.1) is 17.5 Å². The van der Waals surface area contributed by atoms with Crippen LogP contribution in [0.2, 0.25) is 5.02 Å². The standard InChI is InChI=1S/C39H47ClN2O6S/c1-27-9-8-19-39(26-43,47-2)34-17-14-31(34)24-42-20-7-6-12-29-22-33(40)16-13-32(29)25-48-36-18-15-30(23-35(36)42)38(44)41-49(45,46)37(27)21-28-10-4-3-5-11-28/h3-5,8,10-11,13,15-16,18-19,22-23,27,31,34,37,43H,6-7,9,12,14,17,20-21,24-26H2,1-2H3,(H,41,44)/b19-8+/t27-,31-,34+,37?,39+/m0/s1. The number of allylic oxidation sites excluding steroid dienone is 1. The van der Waals surface area contributed by atoms with Crippen molar-refractivity contribution in [3.05, 3.63) is 106 Å². The summed E-state index contributed by atoms with van der Waals surface area (Å²) in [4.78, 5) is 16.1. The van der Waals surface area contributed by atoms with Crippen molar-refractivity contribution in [2.45, 2.75) is 69.3 Å². The van der Waals surface area contributed by atoms with Crippen molar-refractivity contribution in [1.82, 2.24) is 4.72 Å². The smallest absolute Gasteiger partial charge is 0.264 e. The minimum Gasteiger partial charge on any atom is -0.487 e. The predicted octanol–water partition coefficient (Wildman–Crippen LogP) is 6.73. The molecule has 49 heavy (non-hydrogen) atoms. The number of hydrogen-bond donors (Lipinski definition) is 2. The molecule has 0 saturated heterocycles. The number of benzene rings is 3. The molecule has 3 aromatic rings. The third-order valence-electron chi connectivity index (χ3n) is 10.8. The van der Waals surface area contributed by atoms with Crippen molar-refractivity contribution >= 4 is 33.2 Å². The molecular weight excluding hydrogens is 660 g/mol. The first-order valence-electron chi connectivity index (χ1n) is 17.3. The maximum atomic E-state index is 14.1. The summed E-state index contributed by atoms with van der Waals surface area (Å²) in [6, 6.07) is 20.5. The Labute approximate surface area is 295 Å². The number of carbonyl (C=O) groups is 1. The van der Waals surface area contributed by atoms with E-state index in [0.717, 1.165) is 54.5 Å². The van der Waals surface area contributed by atoms with Gasteiger partial charge in [-0.05, 0) is 110 Å². The highest BCUT2D eigenvalue weighted by atomic mass is 35.5. The highest BCUT2D eigenvalue weighted by molar-refractivity contribution is 7.90. The van der Waals surface area contributed by atoms with Crippen LogP contribution in [0.15, 0.2) is 78.9 Å². The third kappa shape index (κ3) is 7.85. The van der Waals surface area contributed by atoms with Gasteiger partial charge in [-0.15, -0.1) is 0 Å². The van der Waals surface area contributed by atoms with Crippen molar-refractivity contribution in [3.8, 4) is 5.75 Å². The Hall–Kier alpha value is -3.37. The number of nitrogens with one attached hydrogen (secondary N) is 1. The molecule has 2 N–H and O–H groups in total. The first-order valence-corrected chi connectivity index (χ1v) is 19.3. The molecule has 0 radical (unpaired) electrons. The second-order valence-electron chi connectivity index (χ2n) is 13.9. The largest absolute Gasteiger partial charge is 0.487 e. The van der Waals surface area contributed by atoms with Gasteiger partial charge in [0.2, 0.25) is 10.0 Å². The molecule has 1 aliphatic carbocycles. The molecule has 2 bridgehead atoms. The number of aliphatic hydroxyl groups excluding tert-OH is 1. The summed E-state index contributed by atoms with van der Waals surface area (Å²) in [5.74, 6) is -0.0971. The van der Waals surface area contributed by atoms with E-state index in [2.05, 4.69) is 9.62 Å². The van der Waals surface area contributed by atoms with E-state index in [1.807, 2.05) is 67.6 Å². The summed E-state index contributed by atoms with van der Waals surface area (Å²) in [5, 5.41) is 10.6. The fourth-order valence-electron chi connectivity index (χ4n) is 7.73. The summed E-state index contributed by atoms with van der Waals surface area (Å²) in [7, 11) is -2.47. The maximum Gasteiger partial charge on any atom is 0.264 e. The number of nitrogens with zero attached hydrogens (tertiary/aromatic N) is 1. The number of anilines is 1. The zero-order chi connectivity index (χ0) is 34.6. The van der Waals surface area contributed by atoms with Crippen molar-refractivity contribution in [1.29, 1.82) is 0 Å². The van der Waals surface area contributed by atoms with Crippen LogP contribution in [0, 0.1) is 17.8 Å². The normalized spacial score (nSPS) is 28.0. The molecule has 1 amide bonds. The van der Waals surface area contributed by atoms with E-state index >= 15 is 0 Å². The Morgan fingerprint density at radius 3 is 2.61 bits per heavy atom. The molecule has 3 aliphatic rings. The number of ether oxygens (including phenoxy) is 2. The number of rotatable bonds is 4. The van der Waals surface area contributed by atoms with Crippen molar-refractivity contribution < 1.29 is 27.8 Å². The second-order valence-corrected chi connectivity index (χ2v) is 16.2. The fraction of sp³-hybridized carbons (Fsp3) is 0.462. The van der Waals surface area contributed by atoms with Gasteiger partial charge in [-0.2, -0.15) is 0 Å². The lowest BCUT2D eigenvalue weighted by Crippen LogP contribution is -2.53. The quantitative estimate of drug-likeness (QED) is 0.290. The van der Waals surface area contributed by atoms with Gasteiger partial charge in [-0.3, -0.25) is 4.79 Å². The third-order valence-corrected chi connectivity index (χ3v) is 13.0. The van der Waals surface area contributed by atoms with Gasteiger partial charge in [0.1, 0.15) is 18.0 Å². The molecule has 3 aromatic carbocycles. The minimum atomic E-state index is -4.11. The van der Waals surface area contributed by atoms with E-state index in [1.165, 1.54) is 0 Å². The lowest BCUT2D eigenvalue weighted by Gasteiger charge is -2.49. The van der Waals surface area contributed by atoms with E-state index in [9.17, 15) is 18.3 Å². The number of hydrogen-bond acceptors (Lipinski definition) is 7. The van der Waals surface area contributed by atoms with Crippen LogP contribution in [-0.4, -0.2) is 57.1 Å². The molecule has 2 aliphatic heterocycles. The summed E-state index contributed by atoms with van der Waals surface area (Å²) >= 11 is 6.36. The lowest BCUT2D eigenvalue weighted by molar-refractivity contribution is -0.103. The Balaban J connectivity index is 1.42. The molecule has 0 aromatic heterocycles. The Morgan fingerprint density at radius 2 is 1.88 bits per heavy atom. The molecule has 5 atom stereocenters. The van der Waals surface area contributed by atoms with Gasteiger partial charge < -0.3 is 19.5 Å². The van der Waals surface area contributed by atoms with Crippen molar-refractivity contribution in [3.63, 3.8) is 0 Å². The molecule has 0 spiro atoms. The van der Waals surface area contributed by atoms with Gasteiger partial charge in [0.25, 0.3) is 5.91 Å². The van der Waals surface area contributed by atoms with Gasteiger partial charge >= 0.3 is 0 Å². The second kappa shape index (κ2) is 15.3. The van der Waals surface area contributed by atoms with Crippen LogP contribution in [-0.2, 0) is 34.2 Å². The number of carbonyl (C=O) groups excluding carboxylic acids is 1. The van der Waals surface area contributed by atoms with E-state index in [0.29, 0.717) is 36.9 Å². The average Bonchev–Trinajstić information content (AvgIpc) is 3.11. The number of halogens is 1. The van der Waals surface area contributed by atoms with Crippen molar-refractivity contribution in [2.24, 2.45) is 17.8 Å². The molecule has 8 nitrogen and oxygen atoms in total. The van der Waals surface area contributed by atoms with E-state index < -0.39 is 26.8 Å². The molecule has 6 rings (SSSR count). The molecular formula is C39H47ClN2O6S. The van der Waals surface area contributed by atoms with Gasteiger partial charge in [0, 0.05) is 30.8 Å². The van der Waals surface area contributed by atoms with E-state index in [1.54, 1.807) is 25.3 Å². The van der Waals surface area contributed by atoms with Gasteiger partial charge in [0.15, 0.2) is 0 Å². The zero-order valence-electron chi connectivity index (χ0n) is 28.3. The van der Waals surface area contributed by atoms with Crippen LogP contribution in [0.5, 0.6) is 5.75 Å². The minimum absolute atomic E-state index is 0.0613. The lowest BCUT2D eigenvalue weighted by atomic mass is 9.64. The Morgan fingerprint density at radius 1 is 1.06 bits per heavy atom. The fourth-order valence-corrected chi connectivity index (χ4v) is 9.59. The number of sulfonamides is 1. The molecule has 262 valence electrons. The molecule has 2 heterocycles.